The van der Waals surface area contributed by atoms with Crippen LogP contribution in [0.15, 0.2) is 33.7 Å². The first kappa shape index (κ1) is 20.0. The van der Waals surface area contributed by atoms with Gasteiger partial charge in [0.2, 0.25) is 10.0 Å². The molecular weight excluding hydrogens is 386 g/mol. The highest BCUT2D eigenvalue weighted by molar-refractivity contribution is 7.89. The molecule has 3 rings (SSSR count). The molecule has 9 nitrogen and oxygen atoms in total. The van der Waals surface area contributed by atoms with Gasteiger partial charge >= 0.3 is 5.97 Å². The van der Waals surface area contributed by atoms with Crippen molar-refractivity contribution in [2.24, 2.45) is 0 Å². The Morgan fingerprint density at radius 2 is 2.04 bits per heavy atom. The largest absolute Gasteiger partial charge is 0.454 e. The molecule has 1 aliphatic heterocycles. The van der Waals surface area contributed by atoms with E-state index >= 15 is 0 Å². The quantitative estimate of drug-likeness (QED) is 0.712. The van der Waals surface area contributed by atoms with Gasteiger partial charge in [-0.1, -0.05) is 23.4 Å². The zero-order chi connectivity index (χ0) is 20.5. The number of fused-ring (bicyclic) bond motifs is 1. The second-order valence-electron chi connectivity index (χ2n) is 6.53. The number of carbonyl (C=O) groups excluding carboxylic acids is 2. The number of ether oxygens (including phenoxy) is 1. The van der Waals surface area contributed by atoms with Crippen molar-refractivity contribution in [1.29, 1.82) is 0 Å². The zero-order valence-corrected chi connectivity index (χ0v) is 16.6. The number of para-hydroxylation sites is 1. The zero-order valence-electron chi connectivity index (χ0n) is 15.8. The summed E-state index contributed by atoms with van der Waals surface area (Å²) in [6.07, 6.45) is 0.740. The Kier molecular flexibility index (Phi) is 5.52. The van der Waals surface area contributed by atoms with Crippen LogP contribution in [-0.2, 0) is 30.8 Å². The monoisotopic (exact) mass is 407 g/mol. The van der Waals surface area contributed by atoms with E-state index < -0.39 is 28.6 Å². The van der Waals surface area contributed by atoms with Gasteiger partial charge in [-0.05, 0) is 38.8 Å². The van der Waals surface area contributed by atoms with Crippen molar-refractivity contribution < 1.29 is 27.3 Å². The maximum Gasteiger partial charge on any atom is 0.324 e. The summed E-state index contributed by atoms with van der Waals surface area (Å²) in [7, 11) is -4.02. The normalized spacial score (nSPS) is 14.6. The standard InChI is InChI=1S/C18H21N3O6S/c1-11-17(13(3)27-19-11)28(24,25)20-12(2)18(23)26-10-16(22)21-9-8-14-6-4-5-7-15(14)21/h4-7,12,20H,8-10H2,1-3H3/t12-/m0/s1. The fourth-order valence-electron chi connectivity index (χ4n) is 3.13. The molecule has 150 valence electrons. The van der Waals surface area contributed by atoms with E-state index in [-0.39, 0.29) is 22.3 Å². The number of carbonyl (C=O) groups is 2. The summed E-state index contributed by atoms with van der Waals surface area (Å²) in [6, 6.07) is 6.34. The lowest BCUT2D eigenvalue weighted by Crippen LogP contribution is -2.41. The van der Waals surface area contributed by atoms with E-state index in [1.807, 2.05) is 24.3 Å². The third kappa shape index (κ3) is 3.92. The van der Waals surface area contributed by atoms with Crippen molar-refractivity contribution in [2.45, 2.75) is 38.1 Å². The van der Waals surface area contributed by atoms with Gasteiger partial charge in [0.25, 0.3) is 5.91 Å². The SMILES string of the molecule is Cc1noc(C)c1S(=O)(=O)N[C@@H](C)C(=O)OCC(=O)N1CCc2ccccc21. The number of anilines is 1. The van der Waals surface area contributed by atoms with Crippen molar-refractivity contribution >= 4 is 27.6 Å². The van der Waals surface area contributed by atoms with Gasteiger partial charge in [-0.15, -0.1) is 0 Å². The molecule has 1 atom stereocenters. The second-order valence-corrected chi connectivity index (χ2v) is 8.18. The molecule has 0 spiro atoms. The van der Waals surface area contributed by atoms with E-state index in [1.165, 1.54) is 20.8 Å². The maximum absolute atomic E-state index is 12.4. The van der Waals surface area contributed by atoms with E-state index in [2.05, 4.69) is 9.88 Å². The highest BCUT2D eigenvalue weighted by atomic mass is 32.2. The van der Waals surface area contributed by atoms with Gasteiger partial charge in [0, 0.05) is 12.2 Å². The average Bonchev–Trinajstić information content (AvgIpc) is 3.22. The minimum absolute atomic E-state index is 0.114. The van der Waals surface area contributed by atoms with E-state index in [0.29, 0.717) is 6.54 Å². The molecule has 0 aliphatic carbocycles. The van der Waals surface area contributed by atoms with Gasteiger partial charge in [0.15, 0.2) is 12.4 Å². The van der Waals surface area contributed by atoms with Crippen LogP contribution in [0.3, 0.4) is 0 Å². The number of sulfonamides is 1. The lowest BCUT2D eigenvalue weighted by molar-refractivity contribution is -0.149. The molecule has 0 radical (unpaired) electrons. The minimum atomic E-state index is -4.02. The number of benzene rings is 1. The van der Waals surface area contributed by atoms with Crippen LogP contribution < -0.4 is 9.62 Å². The van der Waals surface area contributed by atoms with E-state index in [9.17, 15) is 18.0 Å². The molecule has 0 saturated carbocycles. The maximum atomic E-state index is 12.4. The van der Waals surface area contributed by atoms with E-state index in [1.54, 1.807) is 4.90 Å². The summed E-state index contributed by atoms with van der Waals surface area (Å²) in [4.78, 5) is 26.0. The molecule has 0 fully saturated rings. The Hall–Kier alpha value is -2.72. The Labute approximate surface area is 162 Å². The fraction of sp³-hybridized carbons (Fsp3) is 0.389. The van der Waals surface area contributed by atoms with Gasteiger partial charge < -0.3 is 14.2 Å². The van der Waals surface area contributed by atoms with Crippen LogP contribution in [-0.4, -0.2) is 44.6 Å². The third-order valence-electron chi connectivity index (χ3n) is 4.45. The van der Waals surface area contributed by atoms with Crippen LogP contribution in [0.2, 0.25) is 0 Å². The van der Waals surface area contributed by atoms with Crippen molar-refractivity contribution in [3.8, 4) is 0 Å². The van der Waals surface area contributed by atoms with Crippen molar-refractivity contribution in [1.82, 2.24) is 9.88 Å². The molecule has 2 heterocycles. The molecule has 1 amide bonds. The Morgan fingerprint density at radius 1 is 1.32 bits per heavy atom. The molecule has 0 saturated heterocycles. The number of nitrogens with zero attached hydrogens (tertiary/aromatic N) is 2. The number of amides is 1. The van der Waals surface area contributed by atoms with Crippen molar-refractivity contribution in [3.63, 3.8) is 0 Å². The number of esters is 1. The fourth-order valence-corrected chi connectivity index (χ4v) is 4.65. The van der Waals surface area contributed by atoms with Crippen LogP contribution in [0.5, 0.6) is 0 Å². The molecule has 1 aliphatic rings. The number of hydrogen-bond donors (Lipinski definition) is 1. The average molecular weight is 407 g/mol. The number of aryl methyl sites for hydroxylation is 2. The summed E-state index contributed by atoms with van der Waals surface area (Å²) in [5, 5.41) is 3.60. The van der Waals surface area contributed by atoms with Crippen LogP contribution >= 0.6 is 0 Å². The summed E-state index contributed by atoms with van der Waals surface area (Å²) in [5.74, 6) is -1.09. The predicted molar refractivity (Wildman–Crippen MR) is 99.2 cm³/mol. The number of nitrogens with one attached hydrogen (secondary N) is 1. The van der Waals surface area contributed by atoms with Crippen molar-refractivity contribution in [3.05, 3.63) is 41.3 Å². The summed E-state index contributed by atoms with van der Waals surface area (Å²) in [5.41, 5.74) is 2.05. The minimum Gasteiger partial charge on any atom is -0.454 e. The molecule has 28 heavy (non-hydrogen) atoms. The highest BCUT2D eigenvalue weighted by Crippen LogP contribution is 2.27. The number of aromatic nitrogens is 1. The molecule has 1 aromatic carbocycles. The van der Waals surface area contributed by atoms with E-state index in [0.717, 1.165) is 17.7 Å². The summed E-state index contributed by atoms with van der Waals surface area (Å²) < 4.78 is 37.0. The van der Waals surface area contributed by atoms with Crippen molar-refractivity contribution in [2.75, 3.05) is 18.1 Å². The van der Waals surface area contributed by atoms with Gasteiger partial charge in [0.1, 0.15) is 16.6 Å². The molecule has 1 N–H and O–H groups in total. The van der Waals surface area contributed by atoms with Gasteiger partial charge in [-0.3, -0.25) is 9.59 Å². The first-order valence-corrected chi connectivity index (χ1v) is 10.2. The Bertz CT molecular complexity index is 995. The van der Waals surface area contributed by atoms with Gasteiger partial charge in [-0.2, -0.15) is 4.72 Å². The first-order chi connectivity index (χ1) is 13.2. The number of hydrogen-bond acceptors (Lipinski definition) is 7. The van der Waals surface area contributed by atoms with E-state index in [4.69, 9.17) is 9.26 Å². The molecule has 10 heteroatoms. The Balaban J connectivity index is 1.59. The van der Waals surface area contributed by atoms with Crippen LogP contribution in [0, 0.1) is 13.8 Å². The highest BCUT2D eigenvalue weighted by Gasteiger charge is 2.30. The lowest BCUT2D eigenvalue weighted by atomic mass is 10.2. The molecule has 2 aromatic rings. The van der Waals surface area contributed by atoms with Gasteiger partial charge in [0.05, 0.1) is 0 Å². The van der Waals surface area contributed by atoms with Gasteiger partial charge in [-0.25, -0.2) is 8.42 Å². The van der Waals surface area contributed by atoms with Crippen LogP contribution in [0.1, 0.15) is 23.9 Å². The third-order valence-corrected chi connectivity index (χ3v) is 6.23. The molecule has 0 bridgehead atoms. The molecule has 1 aromatic heterocycles. The van der Waals surface area contributed by atoms with Crippen LogP contribution in [0.25, 0.3) is 0 Å². The second kappa shape index (κ2) is 7.72. The molecule has 0 unspecified atom stereocenters. The van der Waals surface area contributed by atoms with Crippen LogP contribution in [0.4, 0.5) is 5.69 Å². The smallest absolute Gasteiger partial charge is 0.324 e. The molecular formula is C18H21N3O6S. The number of rotatable bonds is 6. The lowest BCUT2D eigenvalue weighted by Gasteiger charge is -2.18. The summed E-state index contributed by atoms with van der Waals surface area (Å²) in [6.45, 7) is 4.34. The summed E-state index contributed by atoms with van der Waals surface area (Å²) >= 11 is 0. The predicted octanol–water partition coefficient (Wildman–Crippen LogP) is 1.09. The topological polar surface area (TPSA) is 119 Å². The first-order valence-electron chi connectivity index (χ1n) is 8.71. The Morgan fingerprint density at radius 3 is 2.71 bits per heavy atom.